The minimum Gasteiger partial charge on any atom is -0.379 e. The number of rotatable bonds is 9. The molecule has 1 aromatic carbocycles. The Morgan fingerprint density at radius 3 is 2.58 bits per heavy atom. The van der Waals surface area contributed by atoms with Crippen molar-refractivity contribution in [1.82, 2.24) is 25.3 Å². The zero-order chi connectivity index (χ0) is 22.1. The molecule has 1 aliphatic rings. The Labute approximate surface area is 184 Å². The lowest BCUT2D eigenvalue weighted by Crippen LogP contribution is -2.42. The number of hydrogen-bond acceptors (Lipinski definition) is 4. The van der Waals surface area contributed by atoms with E-state index in [2.05, 4.69) is 40.5 Å². The van der Waals surface area contributed by atoms with Gasteiger partial charge >= 0.3 is 0 Å². The van der Waals surface area contributed by atoms with Crippen molar-refractivity contribution in [3.63, 3.8) is 0 Å². The fourth-order valence-corrected chi connectivity index (χ4v) is 3.86. The Balaban J connectivity index is 1.60. The van der Waals surface area contributed by atoms with Crippen molar-refractivity contribution in [3.8, 4) is 0 Å². The average Bonchev–Trinajstić information content (AvgIpc) is 3.10. The van der Waals surface area contributed by atoms with E-state index in [-0.39, 0.29) is 11.9 Å². The van der Waals surface area contributed by atoms with Crippen LogP contribution >= 0.6 is 0 Å². The molecule has 1 fully saturated rings. The number of ether oxygens (including phenoxy) is 1. The highest BCUT2D eigenvalue weighted by atomic mass is 19.1. The van der Waals surface area contributed by atoms with Crippen molar-refractivity contribution in [2.24, 2.45) is 4.99 Å². The van der Waals surface area contributed by atoms with Crippen LogP contribution in [0, 0.1) is 19.7 Å². The maximum Gasteiger partial charge on any atom is 0.191 e. The highest BCUT2D eigenvalue weighted by Crippen LogP contribution is 2.22. The topological polar surface area (TPSA) is 66.7 Å². The Bertz CT molecular complexity index is 829. The smallest absolute Gasteiger partial charge is 0.191 e. The van der Waals surface area contributed by atoms with Crippen LogP contribution < -0.4 is 10.6 Å². The molecule has 2 N–H and O–H groups in total. The molecule has 3 rings (SSSR count). The van der Waals surface area contributed by atoms with Gasteiger partial charge in [0.15, 0.2) is 5.96 Å². The zero-order valence-corrected chi connectivity index (χ0v) is 18.9. The van der Waals surface area contributed by atoms with Gasteiger partial charge in [-0.1, -0.05) is 12.1 Å². The number of hydrogen-bond donors (Lipinski definition) is 2. The van der Waals surface area contributed by atoms with Crippen LogP contribution in [0.4, 0.5) is 4.39 Å². The molecule has 1 atom stereocenters. The summed E-state index contributed by atoms with van der Waals surface area (Å²) in [4.78, 5) is 7.22. The summed E-state index contributed by atoms with van der Waals surface area (Å²) in [6.45, 7) is 12.4. The molecule has 8 heteroatoms. The van der Waals surface area contributed by atoms with Crippen molar-refractivity contribution < 1.29 is 9.13 Å². The van der Waals surface area contributed by atoms with Gasteiger partial charge in [-0.2, -0.15) is 5.10 Å². The third-order valence-electron chi connectivity index (χ3n) is 5.45. The van der Waals surface area contributed by atoms with Gasteiger partial charge in [-0.15, -0.1) is 0 Å². The average molecular weight is 431 g/mol. The Kier molecular flexibility index (Phi) is 8.85. The first-order chi connectivity index (χ1) is 15.1. The molecule has 1 saturated heterocycles. The van der Waals surface area contributed by atoms with Crippen molar-refractivity contribution in [1.29, 1.82) is 0 Å². The maximum absolute atomic E-state index is 13.4. The van der Waals surface area contributed by atoms with E-state index in [4.69, 9.17) is 9.73 Å². The number of aryl methyl sites for hydroxylation is 3. The number of aromatic nitrogens is 2. The summed E-state index contributed by atoms with van der Waals surface area (Å²) in [6.07, 6.45) is 0.956. The van der Waals surface area contributed by atoms with Crippen LogP contribution in [0.25, 0.3) is 0 Å². The summed E-state index contributed by atoms with van der Waals surface area (Å²) in [6, 6.07) is 8.96. The number of nitrogens with one attached hydrogen (secondary N) is 2. The van der Waals surface area contributed by atoms with Crippen molar-refractivity contribution in [3.05, 3.63) is 53.1 Å². The Morgan fingerprint density at radius 1 is 1.19 bits per heavy atom. The zero-order valence-electron chi connectivity index (χ0n) is 18.9. The molecule has 2 aromatic rings. The van der Waals surface area contributed by atoms with E-state index in [9.17, 15) is 4.39 Å². The first-order valence-electron chi connectivity index (χ1n) is 11.2. The van der Waals surface area contributed by atoms with Gasteiger partial charge in [0, 0.05) is 38.4 Å². The van der Waals surface area contributed by atoms with E-state index >= 15 is 0 Å². The molecule has 0 radical (unpaired) electrons. The minimum atomic E-state index is -0.217. The number of morpholine rings is 1. The van der Waals surface area contributed by atoms with Crippen LogP contribution in [0.15, 0.2) is 35.3 Å². The fourth-order valence-electron chi connectivity index (χ4n) is 3.86. The van der Waals surface area contributed by atoms with Gasteiger partial charge in [-0.3, -0.25) is 14.6 Å². The van der Waals surface area contributed by atoms with Crippen molar-refractivity contribution in [2.45, 2.75) is 39.8 Å². The molecule has 7 nitrogen and oxygen atoms in total. The molecule has 0 spiro atoms. The summed E-state index contributed by atoms with van der Waals surface area (Å²) in [5, 5.41) is 11.3. The third kappa shape index (κ3) is 7.04. The molecule has 0 bridgehead atoms. The van der Waals surface area contributed by atoms with Gasteiger partial charge in [-0.25, -0.2) is 4.39 Å². The standard InChI is InChI=1S/C23H35FN6O/c1-4-25-23(26-10-5-11-30-19(3)16-18(2)28-30)27-17-22(29-12-14-31-15-13-29)20-6-8-21(24)9-7-20/h6-9,16,22H,4-5,10-15,17H2,1-3H3,(H2,25,26,27). The van der Waals surface area contributed by atoms with Gasteiger partial charge in [0.2, 0.25) is 0 Å². The van der Waals surface area contributed by atoms with E-state index in [1.54, 1.807) is 0 Å². The largest absolute Gasteiger partial charge is 0.379 e. The molecular formula is C23H35FN6O. The lowest BCUT2D eigenvalue weighted by atomic mass is 10.0. The predicted molar refractivity (Wildman–Crippen MR) is 122 cm³/mol. The molecule has 2 heterocycles. The SMILES string of the molecule is CCNC(=NCC(c1ccc(F)cc1)N1CCOCC1)NCCCn1nc(C)cc1C. The predicted octanol–water partition coefficient (Wildman–Crippen LogP) is 2.66. The normalized spacial score (nSPS) is 16.3. The fraction of sp³-hybridized carbons (Fsp3) is 0.565. The third-order valence-corrected chi connectivity index (χ3v) is 5.45. The van der Waals surface area contributed by atoms with Gasteiger partial charge in [0.1, 0.15) is 5.82 Å². The summed E-state index contributed by atoms with van der Waals surface area (Å²) in [5.74, 6) is 0.585. The van der Waals surface area contributed by atoms with E-state index in [1.807, 2.05) is 23.7 Å². The summed E-state index contributed by atoms with van der Waals surface area (Å²) in [7, 11) is 0. The molecule has 1 unspecified atom stereocenters. The molecule has 170 valence electrons. The van der Waals surface area contributed by atoms with E-state index in [0.717, 1.165) is 56.4 Å². The number of aliphatic imine (C=N–C) groups is 1. The van der Waals surface area contributed by atoms with Crippen LogP contribution in [0.5, 0.6) is 0 Å². The first kappa shape index (κ1) is 23.2. The summed E-state index contributed by atoms with van der Waals surface area (Å²) >= 11 is 0. The van der Waals surface area contributed by atoms with Crippen LogP contribution in [0.2, 0.25) is 0 Å². The van der Waals surface area contributed by atoms with Crippen LogP contribution in [-0.2, 0) is 11.3 Å². The molecule has 0 saturated carbocycles. The van der Waals surface area contributed by atoms with E-state index in [1.165, 1.54) is 17.8 Å². The van der Waals surface area contributed by atoms with Gasteiger partial charge in [0.25, 0.3) is 0 Å². The summed E-state index contributed by atoms with van der Waals surface area (Å²) in [5.41, 5.74) is 3.31. The monoisotopic (exact) mass is 430 g/mol. The van der Waals surface area contributed by atoms with Crippen LogP contribution in [0.1, 0.15) is 36.3 Å². The molecule has 0 aliphatic carbocycles. The minimum absolute atomic E-state index is 0.0923. The molecule has 1 aromatic heterocycles. The second kappa shape index (κ2) is 11.8. The molecule has 0 amide bonds. The number of halogens is 1. The number of nitrogens with zero attached hydrogens (tertiary/aromatic N) is 4. The number of benzene rings is 1. The van der Waals surface area contributed by atoms with Gasteiger partial charge in [-0.05, 0) is 51.0 Å². The molecule has 1 aliphatic heterocycles. The van der Waals surface area contributed by atoms with Gasteiger partial charge in [0.05, 0.1) is 31.5 Å². The second-order valence-electron chi connectivity index (χ2n) is 7.87. The highest BCUT2D eigenvalue weighted by molar-refractivity contribution is 5.79. The van der Waals surface area contributed by atoms with Crippen molar-refractivity contribution in [2.75, 3.05) is 45.9 Å². The lowest BCUT2D eigenvalue weighted by Gasteiger charge is -2.34. The summed E-state index contributed by atoms with van der Waals surface area (Å²) < 4.78 is 21.0. The first-order valence-corrected chi connectivity index (χ1v) is 11.2. The quantitative estimate of drug-likeness (QED) is 0.364. The number of guanidine groups is 1. The highest BCUT2D eigenvalue weighted by Gasteiger charge is 2.22. The van der Waals surface area contributed by atoms with E-state index in [0.29, 0.717) is 19.8 Å². The molecular weight excluding hydrogens is 395 g/mol. The maximum atomic E-state index is 13.4. The lowest BCUT2D eigenvalue weighted by molar-refractivity contribution is 0.0179. The van der Waals surface area contributed by atoms with Crippen LogP contribution in [0.3, 0.4) is 0 Å². The van der Waals surface area contributed by atoms with Gasteiger partial charge < -0.3 is 15.4 Å². The molecule has 31 heavy (non-hydrogen) atoms. The van der Waals surface area contributed by atoms with E-state index < -0.39 is 0 Å². The Hall–Kier alpha value is -2.45. The Morgan fingerprint density at radius 2 is 1.94 bits per heavy atom. The van der Waals surface area contributed by atoms with Crippen LogP contribution in [-0.4, -0.2) is 66.6 Å². The second-order valence-corrected chi connectivity index (χ2v) is 7.87. The van der Waals surface area contributed by atoms with Crippen molar-refractivity contribution >= 4 is 5.96 Å².